The van der Waals surface area contributed by atoms with Crippen molar-refractivity contribution in [1.82, 2.24) is 4.31 Å². The van der Waals surface area contributed by atoms with Crippen LogP contribution in [-0.2, 0) is 20.9 Å². The largest absolute Gasteiger partial charge is 0.418 e. The van der Waals surface area contributed by atoms with Gasteiger partial charge in [0.15, 0.2) is 0 Å². The predicted molar refractivity (Wildman–Crippen MR) is 121 cm³/mol. The minimum Gasteiger partial charge on any atom is -0.378 e. The lowest BCUT2D eigenvalue weighted by Gasteiger charge is -2.41. The molecule has 0 aliphatic carbocycles. The minimum atomic E-state index is -4.74. The van der Waals surface area contributed by atoms with Gasteiger partial charge in [-0.3, -0.25) is 0 Å². The topological polar surface area (TPSA) is 53.1 Å². The molecule has 0 N–H and O–H groups in total. The van der Waals surface area contributed by atoms with Gasteiger partial charge in [0.2, 0.25) is 10.0 Å². The molecule has 2 fully saturated rings. The Kier molecular flexibility index (Phi) is 7.01. The molecule has 0 amide bonds. The Hall–Kier alpha value is -2.08. The molecule has 0 radical (unpaired) electrons. The molecule has 2 saturated heterocycles. The maximum Gasteiger partial charge on any atom is 0.418 e. The van der Waals surface area contributed by atoms with Gasteiger partial charge in [-0.25, -0.2) is 12.8 Å². The number of halogens is 5. The van der Waals surface area contributed by atoms with Crippen molar-refractivity contribution in [3.8, 4) is 0 Å². The van der Waals surface area contributed by atoms with Crippen molar-refractivity contribution in [2.45, 2.75) is 24.0 Å². The van der Waals surface area contributed by atoms with E-state index in [1.54, 1.807) is 13.0 Å². The molecular weight excluding hydrogens is 498 g/mol. The van der Waals surface area contributed by atoms with E-state index in [2.05, 4.69) is 0 Å². The van der Waals surface area contributed by atoms with E-state index in [1.807, 2.05) is 4.90 Å². The Morgan fingerprint density at radius 1 is 1.00 bits per heavy atom. The number of nitrogens with zero attached hydrogens (tertiary/aromatic N) is 3. The Morgan fingerprint density at radius 3 is 2.35 bits per heavy atom. The number of sulfonamides is 1. The fourth-order valence-electron chi connectivity index (χ4n) is 4.36. The molecule has 6 nitrogen and oxygen atoms in total. The lowest BCUT2D eigenvalue weighted by atomic mass is 10.1. The lowest BCUT2D eigenvalue weighted by molar-refractivity contribution is -0.137. The fraction of sp³-hybridized carbons (Fsp3) is 0.455. The van der Waals surface area contributed by atoms with E-state index in [9.17, 15) is 26.0 Å². The summed E-state index contributed by atoms with van der Waals surface area (Å²) >= 11 is 6.28. The first-order chi connectivity index (χ1) is 16.0. The first-order valence-corrected chi connectivity index (χ1v) is 12.6. The van der Waals surface area contributed by atoms with Gasteiger partial charge < -0.3 is 14.5 Å². The van der Waals surface area contributed by atoms with Gasteiger partial charge in [0.05, 0.1) is 23.8 Å². The molecule has 0 saturated carbocycles. The third-order valence-electron chi connectivity index (χ3n) is 6.05. The van der Waals surface area contributed by atoms with Crippen LogP contribution in [0.4, 0.5) is 28.9 Å². The van der Waals surface area contributed by atoms with Gasteiger partial charge in [0.1, 0.15) is 10.7 Å². The molecule has 4 rings (SSSR count). The number of anilines is 2. The SMILES string of the molecule is CC1CN(c2ccc(F)cc2C(F)(F)F)CCN1S(=O)(=O)c1cc(N2CCOCC2)ccc1Cl. The number of hydrogen-bond acceptors (Lipinski definition) is 5. The second-order valence-electron chi connectivity index (χ2n) is 8.28. The second-order valence-corrected chi connectivity index (χ2v) is 10.6. The Labute approximate surface area is 200 Å². The zero-order valence-electron chi connectivity index (χ0n) is 18.4. The van der Waals surface area contributed by atoms with Crippen LogP contribution in [0, 0.1) is 5.82 Å². The summed E-state index contributed by atoms with van der Waals surface area (Å²) < 4.78 is 87.6. The van der Waals surface area contributed by atoms with Crippen molar-refractivity contribution in [2.75, 3.05) is 55.7 Å². The molecule has 186 valence electrons. The third-order valence-corrected chi connectivity index (χ3v) is 8.54. The third kappa shape index (κ3) is 4.98. The first-order valence-electron chi connectivity index (χ1n) is 10.7. The van der Waals surface area contributed by atoms with Crippen LogP contribution in [0.25, 0.3) is 0 Å². The fourth-order valence-corrected chi connectivity index (χ4v) is 6.47. The van der Waals surface area contributed by atoms with Crippen molar-refractivity contribution in [1.29, 1.82) is 0 Å². The van der Waals surface area contributed by atoms with E-state index in [1.165, 1.54) is 21.3 Å². The van der Waals surface area contributed by atoms with Crippen LogP contribution < -0.4 is 9.80 Å². The molecular formula is C22H24ClF4N3O3S. The zero-order valence-corrected chi connectivity index (χ0v) is 19.9. The summed E-state index contributed by atoms with van der Waals surface area (Å²) in [7, 11) is -4.02. The van der Waals surface area contributed by atoms with Gasteiger partial charge in [-0.05, 0) is 43.3 Å². The van der Waals surface area contributed by atoms with Gasteiger partial charge in [0, 0.05) is 50.1 Å². The Morgan fingerprint density at radius 2 is 1.71 bits per heavy atom. The Bertz CT molecular complexity index is 1160. The molecule has 1 atom stereocenters. The van der Waals surface area contributed by atoms with E-state index >= 15 is 0 Å². The predicted octanol–water partition coefficient (Wildman–Crippen LogP) is 4.23. The number of morpholine rings is 1. The maximum absolute atomic E-state index is 13.5. The van der Waals surface area contributed by atoms with E-state index in [4.69, 9.17) is 16.3 Å². The van der Waals surface area contributed by atoms with E-state index in [0.29, 0.717) is 38.1 Å². The average Bonchev–Trinajstić information content (AvgIpc) is 2.79. The number of piperazine rings is 1. The summed E-state index contributed by atoms with van der Waals surface area (Å²) in [5, 5.41) is 0.0736. The molecule has 0 aromatic heterocycles. The number of benzene rings is 2. The number of ether oxygens (including phenoxy) is 1. The first kappa shape index (κ1) is 25.0. The molecule has 0 bridgehead atoms. The molecule has 0 spiro atoms. The minimum absolute atomic E-state index is 0.00865. The average molecular weight is 522 g/mol. The molecule has 2 aliphatic rings. The second kappa shape index (κ2) is 9.52. The maximum atomic E-state index is 13.5. The highest BCUT2D eigenvalue weighted by Gasteiger charge is 2.39. The monoisotopic (exact) mass is 521 g/mol. The highest BCUT2D eigenvalue weighted by Crippen LogP contribution is 2.38. The lowest BCUT2D eigenvalue weighted by Crippen LogP contribution is -2.54. The van der Waals surface area contributed by atoms with Gasteiger partial charge in [-0.2, -0.15) is 17.5 Å². The van der Waals surface area contributed by atoms with Crippen molar-refractivity contribution in [3.05, 3.63) is 52.8 Å². The van der Waals surface area contributed by atoms with E-state index in [0.717, 1.165) is 12.1 Å². The van der Waals surface area contributed by atoms with Crippen molar-refractivity contribution in [2.24, 2.45) is 0 Å². The van der Waals surface area contributed by atoms with E-state index in [-0.39, 0.29) is 35.2 Å². The van der Waals surface area contributed by atoms with Gasteiger partial charge in [0.25, 0.3) is 0 Å². The molecule has 12 heteroatoms. The van der Waals surface area contributed by atoms with Gasteiger partial charge in [-0.1, -0.05) is 11.6 Å². The summed E-state index contributed by atoms with van der Waals surface area (Å²) in [6.07, 6.45) is -4.74. The van der Waals surface area contributed by atoms with Gasteiger partial charge in [-0.15, -0.1) is 0 Å². The highest BCUT2D eigenvalue weighted by atomic mass is 35.5. The molecule has 2 aromatic carbocycles. The molecule has 1 unspecified atom stereocenters. The number of hydrogen-bond donors (Lipinski definition) is 0. The summed E-state index contributed by atoms with van der Waals surface area (Å²) in [5.41, 5.74) is -0.555. The quantitative estimate of drug-likeness (QED) is 0.564. The van der Waals surface area contributed by atoms with Crippen molar-refractivity contribution >= 4 is 33.0 Å². The summed E-state index contributed by atoms with van der Waals surface area (Å²) in [6.45, 7) is 3.91. The van der Waals surface area contributed by atoms with Crippen LogP contribution in [0.15, 0.2) is 41.3 Å². The van der Waals surface area contributed by atoms with Crippen molar-refractivity contribution < 1.29 is 30.7 Å². The normalized spacial score (nSPS) is 20.6. The van der Waals surface area contributed by atoms with Crippen LogP contribution in [0.1, 0.15) is 12.5 Å². The molecule has 34 heavy (non-hydrogen) atoms. The molecule has 2 heterocycles. The van der Waals surface area contributed by atoms with Crippen LogP contribution in [0.3, 0.4) is 0 Å². The molecule has 2 aliphatic heterocycles. The summed E-state index contributed by atoms with van der Waals surface area (Å²) in [6, 6.07) is 6.68. The van der Waals surface area contributed by atoms with Crippen LogP contribution in [-0.4, -0.2) is 64.7 Å². The number of rotatable bonds is 4. The Balaban J connectivity index is 1.59. The number of alkyl halides is 3. The summed E-state index contributed by atoms with van der Waals surface area (Å²) in [5.74, 6) is -0.986. The zero-order chi connectivity index (χ0) is 24.7. The standard InChI is InChI=1S/C22H24ClF4N3O3S/c1-15-14-29(20-5-2-16(24)12-18(20)22(25,26)27)6-7-30(15)34(31,32)21-13-17(3-4-19(21)23)28-8-10-33-11-9-28/h2-5,12-13,15H,6-11,14H2,1H3. The van der Waals surface area contributed by atoms with E-state index < -0.39 is 33.6 Å². The van der Waals surface area contributed by atoms with Crippen LogP contribution in [0.5, 0.6) is 0 Å². The summed E-state index contributed by atoms with van der Waals surface area (Å²) in [4.78, 5) is 3.40. The van der Waals surface area contributed by atoms with Crippen molar-refractivity contribution in [3.63, 3.8) is 0 Å². The van der Waals surface area contributed by atoms with Crippen LogP contribution in [0.2, 0.25) is 5.02 Å². The molecule has 2 aromatic rings. The highest BCUT2D eigenvalue weighted by molar-refractivity contribution is 7.89. The van der Waals surface area contributed by atoms with Gasteiger partial charge >= 0.3 is 6.18 Å². The van der Waals surface area contributed by atoms with Crippen LogP contribution >= 0.6 is 11.6 Å². The smallest absolute Gasteiger partial charge is 0.378 e.